The quantitative estimate of drug-likeness (QED) is 0.818. The van der Waals surface area contributed by atoms with Crippen molar-refractivity contribution in [1.29, 1.82) is 0 Å². The second kappa shape index (κ2) is 5.24. The van der Waals surface area contributed by atoms with Crippen LogP contribution in [0.4, 0.5) is 0 Å². The van der Waals surface area contributed by atoms with Crippen LogP contribution in [0.5, 0.6) is 0 Å². The lowest BCUT2D eigenvalue weighted by molar-refractivity contribution is 0.0396. The molecule has 0 spiro atoms. The highest BCUT2D eigenvalue weighted by atomic mass is 16.5. The SMILES string of the molecule is CNC(c1ccccn1)C1CCCOC1. The third-order valence-electron chi connectivity index (χ3n) is 2.98. The van der Waals surface area contributed by atoms with Gasteiger partial charge in [-0.3, -0.25) is 4.98 Å². The standard InChI is InChI=1S/C12H18N2O/c1-13-12(10-5-4-8-15-9-10)11-6-2-3-7-14-11/h2-3,6-7,10,12-13H,4-5,8-9H2,1H3. The van der Waals surface area contributed by atoms with E-state index in [1.165, 1.54) is 6.42 Å². The van der Waals surface area contributed by atoms with Crippen LogP contribution < -0.4 is 5.32 Å². The molecular formula is C12H18N2O. The summed E-state index contributed by atoms with van der Waals surface area (Å²) in [6.07, 6.45) is 4.24. The molecule has 2 atom stereocenters. The fourth-order valence-corrected chi connectivity index (χ4v) is 2.21. The lowest BCUT2D eigenvalue weighted by Crippen LogP contribution is -2.31. The van der Waals surface area contributed by atoms with Crippen molar-refractivity contribution in [1.82, 2.24) is 10.3 Å². The zero-order chi connectivity index (χ0) is 10.5. The Morgan fingerprint density at radius 2 is 2.47 bits per heavy atom. The summed E-state index contributed by atoms with van der Waals surface area (Å²) < 4.78 is 5.52. The van der Waals surface area contributed by atoms with Crippen molar-refractivity contribution in [3.05, 3.63) is 30.1 Å². The first-order valence-corrected chi connectivity index (χ1v) is 5.58. The van der Waals surface area contributed by atoms with Crippen LogP contribution in [0, 0.1) is 5.92 Å². The van der Waals surface area contributed by atoms with Crippen molar-refractivity contribution in [2.24, 2.45) is 5.92 Å². The molecule has 0 amide bonds. The summed E-state index contributed by atoms with van der Waals surface area (Å²) in [4.78, 5) is 4.41. The molecule has 1 fully saturated rings. The molecule has 1 saturated heterocycles. The number of rotatable bonds is 3. The number of nitrogens with one attached hydrogen (secondary N) is 1. The number of ether oxygens (including phenoxy) is 1. The third-order valence-corrected chi connectivity index (χ3v) is 2.98. The lowest BCUT2D eigenvalue weighted by atomic mass is 9.91. The highest BCUT2D eigenvalue weighted by Crippen LogP contribution is 2.26. The maximum atomic E-state index is 5.52. The summed E-state index contributed by atoms with van der Waals surface area (Å²) in [5.41, 5.74) is 1.12. The van der Waals surface area contributed by atoms with E-state index in [2.05, 4.69) is 16.4 Å². The summed E-state index contributed by atoms with van der Waals surface area (Å²) in [7, 11) is 1.99. The van der Waals surface area contributed by atoms with E-state index in [0.29, 0.717) is 12.0 Å². The highest BCUT2D eigenvalue weighted by Gasteiger charge is 2.24. The average molecular weight is 206 g/mol. The molecule has 1 aliphatic heterocycles. The van der Waals surface area contributed by atoms with Crippen LogP contribution in [-0.2, 0) is 4.74 Å². The van der Waals surface area contributed by atoms with Gasteiger partial charge in [0.15, 0.2) is 0 Å². The van der Waals surface area contributed by atoms with Gasteiger partial charge in [0.05, 0.1) is 18.3 Å². The number of aromatic nitrogens is 1. The van der Waals surface area contributed by atoms with Crippen molar-refractivity contribution >= 4 is 0 Å². The van der Waals surface area contributed by atoms with E-state index in [4.69, 9.17) is 4.74 Å². The van der Waals surface area contributed by atoms with Crippen LogP contribution in [0.3, 0.4) is 0 Å². The smallest absolute Gasteiger partial charge is 0.0576 e. The molecule has 1 aliphatic rings. The Morgan fingerprint density at radius 3 is 3.07 bits per heavy atom. The van der Waals surface area contributed by atoms with Gasteiger partial charge in [0.25, 0.3) is 0 Å². The summed E-state index contributed by atoms with van der Waals surface area (Å²) in [6.45, 7) is 1.76. The molecule has 2 unspecified atom stereocenters. The minimum Gasteiger partial charge on any atom is -0.381 e. The molecule has 82 valence electrons. The van der Waals surface area contributed by atoms with Gasteiger partial charge in [0.1, 0.15) is 0 Å². The second-order valence-electron chi connectivity index (χ2n) is 4.00. The molecular weight excluding hydrogens is 188 g/mol. The average Bonchev–Trinajstić information content (AvgIpc) is 2.33. The van der Waals surface area contributed by atoms with Gasteiger partial charge in [-0.05, 0) is 32.0 Å². The van der Waals surface area contributed by atoms with Crippen LogP contribution >= 0.6 is 0 Å². The normalized spacial score (nSPS) is 23.7. The van der Waals surface area contributed by atoms with E-state index in [0.717, 1.165) is 25.3 Å². The Hall–Kier alpha value is -0.930. The van der Waals surface area contributed by atoms with Gasteiger partial charge >= 0.3 is 0 Å². The number of hydrogen-bond acceptors (Lipinski definition) is 3. The van der Waals surface area contributed by atoms with Crippen LogP contribution in [0.15, 0.2) is 24.4 Å². The van der Waals surface area contributed by atoms with E-state index in [9.17, 15) is 0 Å². The molecule has 0 radical (unpaired) electrons. The predicted molar refractivity (Wildman–Crippen MR) is 59.6 cm³/mol. The van der Waals surface area contributed by atoms with E-state index < -0.39 is 0 Å². The van der Waals surface area contributed by atoms with Gasteiger partial charge in [-0.2, -0.15) is 0 Å². The molecule has 1 N–H and O–H groups in total. The van der Waals surface area contributed by atoms with E-state index in [-0.39, 0.29) is 0 Å². The Balaban J connectivity index is 2.09. The van der Waals surface area contributed by atoms with Crippen molar-refractivity contribution in [3.8, 4) is 0 Å². The molecule has 0 saturated carbocycles. The van der Waals surface area contributed by atoms with Crippen molar-refractivity contribution in [2.75, 3.05) is 20.3 Å². The van der Waals surface area contributed by atoms with Gasteiger partial charge in [0, 0.05) is 18.7 Å². The molecule has 3 nitrogen and oxygen atoms in total. The topological polar surface area (TPSA) is 34.2 Å². The largest absolute Gasteiger partial charge is 0.381 e. The molecule has 3 heteroatoms. The molecule has 15 heavy (non-hydrogen) atoms. The van der Waals surface area contributed by atoms with Crippen LogP contribution in [-0.4, -0.2) is 25.2 Å². The van der Waals surface area contributed by atoms with Crippen molar-refractivity contribution in [2.45, 2.75) is 18.9 Å². The molecule has 2 rings (SSSR count). The minimum atomic E-state index is 0.325. The Bertz CT molecular complexity index is 283. The zero-order valence-electron chi connectivity index (χ0n) is 9.15. The van der Waals surface area contributed by atoms with Crippen LogP contribution in [0.25, 0.3) is 0 Å². The third kappa shape index (κ3) is 2.55. The van der Waals surface area contributed by atoms with E-state index in [1.807, 2.05) is 25.4 Å². The second-order valence-corrected chi connectivity index (χ2v) is 4.00. The first kappa shape index (κ1) is 10.6. The number of pyridine rings is 1. The molecule has 0 aromatic carbocycles. The maximum Gasteiger partial charge on any atom is 0.0576 e. The van der Waals surface area contributed by atoms with Crippen LogP contribution in [0.1, 0.15) is 24.6 Å². The van der Waals surface area contributed by atoms with Crippen molar-refractivity contribution in [3.63, 3.8) is 0 Å². The molecule has 2 heterocycles. The van der Waals surface area contributed by atoms with Gasteiger partial charge in [-0.1, -0.05) is 6.07 Å². The Kier molecular flexibility index (Phi) is 3.69. The predicted octanol–water partition coefficient (Wildman–Crippen LogP) is 1.77. The minimum absolute atomic E-state index is 0.325. The van der Waals surface area contributed by atoms with Gasteiger partial charge in [-0.15, -0.1) is 0 Å². The summed E-state index contributed by atoms with van der Waals surface area (Å²) in [5.74, 6) is 0.554. The Labute approximate surface area is 90.9 Å². The van der Waals surface area contributed by atoms with E-state index >= 15 is 0 Å². The first-order chi connectivity index (χ1) is 7.42. The van der Waals surface area contributed by atoms with Gasteiger partial charge in [-0.25, -0.2) is 0 Å². The Morgan fingerprint density at radius 1 is 1.53 bits per heavy atom. The highest BCUT2D eigenvalue weighted by molar-refractivity contribution is 5.10. The number of nitrogens with zero attached hydrogens (tertiary/aromatic N) is 1. The fraction of sp³-hybridized carbons (Fsp3) is 0.583. The van der Waals surface area contributed by atoms with Gasteiger partial charge in [0.2, 0.25) is 0 Å². The van der Waals surface area contributed by atoms with Crippen molar-refractivity contribution < 1.29 is 4.74 Å². The summed E-state index contributed by atoms with van der Waals surface area (Å²) >= 11 is 0. The first-order valence-electron chi connectivity index (χ1n) is 5.58. The van der Waals surface area contributed by atoms with E-state index in [1.54, 1.807) is 0 Å². The fourth-order valence-electron chi connectivity index (χ4n) is 2.21. The molecule has 1 aromatic heterocycles. The monoisotopic (exact) mass is 206 g/mol. The molecule has 1 aromatic rings. The summed E-state index contributed by atoms with van der Waals surface area (Å²) in [6, 6.07) is 6.39. The molecule has 0 aliphatic carbocycles. The maximum absolute atomic E-state index is 5.52. The zero-order valence-corrected chi connectivity index (χ0v) is 9.15. The summed E-state index contributed by atoms with van der Waals surface area (Å²) in [5, 5.41) is 3.35. The molecule has 0 bridgehead atoms. The number of hydrogen-bond donors (Lipinski definition) is 1. The lowest BCUT2D eigenvalue weighted by Gasteiger charge is -2.29. The van der Waals surface area contributed by atoms with Gasteiger partial charge < -0.3 is 10.1 Å². The van der Waals surface area contributed by atoms with Crippen LogP contribution in [0.2, 0.25) is 0 Å².